The van der Waals surface area contributed by atoms with Crippen LogP contribution in [0.2, 0.25) is 15.1 Å². The Morgan fingerprint density at radius 2 is 1.77 bits per heavy atom. The minimum atomic E-state index is -4.86. The van der Waals surface area contributed by atoms with Crippen LogP contribution in [0.4, 0.5) is 13.2 Å². The molecule has 0 bridgehead atoms. The quantitative estimate of drug-likeness (QED) is 0.506. The van der Waals surface area contributed by atoms with Gasteiger partial charge in [-0.25, -0.2) is 0 Å². The zero-order chi connectivity index (χ0) is 19.3. The Bertz CT molecular complexity index is 900. The van der Waals surface area contributed by atoms with Crippen LogP contribution in [0.5, 0.6) is 0 Å². The van der Waals surface area contributed by atoms with Gasteiger partial charge < -0.3 is 4.42 Å². The molecule has 0 saturated heterocycles. The first-order valence-corrected chi connectivity index (χ1v) is 8.17. The van der Waals surface area contributed by atoms with E-state index in [0.717, 1.165) is 18.2 Å². The van der Waals surface area contributed by atoms with E-state index in [-0.39, 0.29) is 37.8 Å². The summed E-state index contributed by atoms with van der Waals surface area (Å²) in [6.07, 6.45) is -3.61. The van der Waals surface area contributed by atoms with E-state index in [1.807, 2.05) is 0 Å². The number of aryl methyl sites for hydroxylation is 1. The minimum Gasteiger partial charge on any atom is -0.451 e. The summed E-state index contributed by atoms with van der Waals surface area (Å²) in [6, 6.07) is 3.46. The number of halogens is 6. The third-order valence-electron chi connectivity index (χ3n) is 3.83. The molecule has 3 rings (SSSR count). The molecule has 0 spiro atoms. The summed E-state index contributed by atoms with van der Waals surface area (Å²) in [5, 5.41) is -0.373. The molecule has 1 aromatic carbocycles. The van der Waals surface area contributed by atoms with E-state index in [9.17, 15) is 18.0 Å². The van der Waals surface area contributed by atoms with Crippen molar-refractivity contribution in [2.24, 2.45) is 0 Å². The molecule has 0 amide bonds. The van der Waals surface area contributed by atoms with Crippen molar-refractivity contribution in [2.45, 2.75) is 18.7 Å². The number of rotatable bonds is 3. The molecule has 2 aromatic rings. The number of aldehydes is 1. The second-order valence-corrected chi connectivity index (χ2v) is 6.72. The van der Waals surface area contributed by atoms with Crippen molar-refractivity contribution in [2.75, 3.05) is 0 Å². The fourth-order valence-electron chi connectivity index (χ4n) is 2.48. The number of carbonyl (C=O) groups is 1. The van der Waals surface area contributed by atoms with Gasteiger partial charge in [0, 0.05) is 5.56 Å². The van der Waals surface area contributed by atoms with Gasteiger partial charge in [0.15, 0.2) is 17.8 Å². The molecule has 0 radical (unpaired) electrons. The smallest absolute Gasteiger partial charge is 0.428 e. The third kappa shape index (κ3) is 2.99. The lowest BCUT2D eigenvalue weighted by molar-refractivity contribution is -0.269. The molecule has 1 aliphatic heterocycles. The maximum atomic E-state index is 13.9. The number of alkyl halides is 3. The van der Waals surface area contributed by atoms with Gasteiger partial charge in [-0.05, 0) is 36.8 Å². The topological polar surface area (TPSA) is 51.5 Å². The Labute approximate surface area is 160 Å². The Morgan fingerprint density at radius 1 is 1.15 bits per heavy atom. The van der Waals surface area contributed by atoms with E-state index >= 15 is 0 Å². The van der Waals surface area contributed by atoms with Crippen LogP contribution in [-0.4, -0.2) is 12.5 Å². The van der Waals surface area contributed by atoms with Crippen molar-refractivity contribution in [3.63, 3.8) is 0 Å². The zero-order valence-corrected chi connectivity index (χ0v) is 15.1. The molecule has 4 nitrogen and oxygen atoms in total. The Balaban J connectivity index is 2.16. The van der Waals surface area contributed by atoms with E-state index in [0.29, 0.717) is 11.8 Å². The molecule has 1 aromatic heterocycles. The summed E-state index contributed by atoms with van der Waals surface area (Å²) in [6.45, 7) is 1.59. The van der Waals surface area contributed by atoms with Crippen LogP contribution in [0.15, 0.2) is 28.7 Å². The average Bonchev–Trinajstić information content (AvgIpc) is 3.16. The van der Waals surface area contributed by atoms with Crippen molar-refractivity contribution >= 4 is 46.8 Å². The number of carbonyl (C=O) groups excluding carboxylic acids is 1. The van der Waals surface area contributed by atoms with Crippen LogP contribution in [0.25, 0.3) is 5.70 Å². The van der Waals surface area contributed by atoms with Crippen molar-refractivity contribution in [3.8, 4) is 0 Å². The van der Waals surface area contributed by atoms with Crippen LogP contribution in [-0.2, 0) is 10.4 Å². The highest BCUT2D eigenvalue weighted by Crippen LogP contribution is 2.49. The van der Waals surface area contributed by atoms with Gasteiger partial charge in [0.1, 0.15) is 5.70 Å². The highest BCUT2D eigenvalue weighted by molar-refractivity contribution is 6.48. The first-order chi connectivity index (χ1) is 12.1. The van der Waals surface area contributed by atoms with E-state index in [2.05, 4.69) is 5.48 Å². The van der Waals surface area contributed by atoms with Crippen molar-refractivity contribution in [3.05, 3.63) is 62.0 Å². The molecule has 1 unspecified atom stereocenters. The predicted octanol–water partition coefficient (Wildman–Crippen LogP) is 5.69. The van der Waals surface area contributed by atoms with Crippen LogP contribution in [0.3, 0.4) is 0 Å². The molecule has 0 aliphatic carbocycles. The van der Waals surface area contributed by atoms with Gasteiger partial charge in [0.05, 0.1) is 15.1 Å². The maximum absolute atomic E-state index is 13.9. The van der Waals surface area contributed by atoms with Crippen LogP contribution < -0.4 is 5.48 Å². The molecule has 0 fully saturated rings. The molecule has 1 atom stereocenters. The fraction of sp³-hybridized carbons (Fsp3) is 0.188. The molecule has 2 heterocycles. The molecular weight excluding hydrogens is 418 g/mol. The summed E-state index contributed by atoms with van der Waals surface area (Å²) in [4.78, 5) is 15.8. The Hall–Kier alpha value is -1.67. The highest BCUT2D eigenvalue weighted by Gasteiger charge is 2.60. The first kappa shape index (κ1) is 19.1. The SMILES string of the molecule is Cc1cc(C2=CC(c3cc(Cl)c(Cl)c(Cl)c3)(C(F)(F)F)ON2)oc1C=O. The third-order valence-corrected chi connectivity index (χ3v) is 5.03. The minimum absolute atomic E-state index is 0.00444. The number of hydroxylamine groups is 1. The molecule has 138 valence electrons. The normalized spacial score (nSPS) is 20.0. The molecule has 10 heteroatoms. The lowest BCUT2D eigenvalue weighted by Gasteiger charge is -2.29. The van der Waals surface area contributed by atoms with Crippen molar-refractivity contribution < 1.29 is 27.2 Å². The zero-order valence-electron chi connectivity index (χ0n) is 12.9. The average molecular weight is 427 g/mol. The van der Waals surface area contributed by atoms with Gasteiger partial charge >= 0.3 is 6.18 Å². The Morgan fingerprint density at radius 3 is 2.27 bits per heavy atom. The second kappa shape index (κ2) is 6.49. The van der Waals surface area contributed by atoms with Gasteiger partial charge in [-0.2, -0.15) is 13.2 Å². The molecule has 26 heavy (non-hydrogen) atoms. The number of nitrogens with one attached hydrogen (secondary N) is 1. The number of hydrogen-bond acceptors (Lipinski definition) is 4. The standard InChI is InChI=1S/C16H9Cl3F3NO3/c1-7-2-12(25-13(7)6-24)11-5-15(26-23-11,16(20,21)22)8-3-9(17)14(19)10(18)4-8/h2-6,23H,1H3. The monoisotopic (exact) mass is 425 g/mol. The summed E-state index contributed by atoms with van der Waals surface area (Å²) in [5.74, 6) is 0.0201. The maximum Gasteiger partial charge on any atom is 0.428 e. The van der Waals surface area contributed by atoms with Crippen LogP contribution >= 0.6 is 34.8 Å². The number of hydrogen-bond donors (Lipinski definition) is 1. The lowest BCUT2D eigenvalue weighted by atomic mass is 9.92. The molecule has 1 N–H and O–H groups in total. The van der Waals surface area contributed by atoms with Gasteiger partial charge in [0.2, 0.25) is 5.60 Å². The van der Waals surface area contributed by atoms with E-state index in [1.165, 1.54) is 6.07 Å². The fourth-order valence-corrected chi connectivity index (χ4v) is 3.08. The van der Waals surface area contributed by atoms with Gasteiger partial charge in [-0.3, -0.25) is 15.1 Å². The number of furan rings is 1. The summed E-state index contributed by atoms with van der Waals surface area (Å²) < 4.78 is 46.9. The van der Waals surface area contributed by atoms with Crippen LogP contribution in [0.1, 0.15) is 27.4 Å². The number of benzene rings is 1. The largest absolute Gasteiger partial charge is 0.451 e. The first-order valence-electron chi connectivity index (χ1n) is 7.03. The van der Waals surface area contributed by atoms with Crippen LogP contribution in [0, 0.1) is 6.92 Å². The highest BCUT2D eigenvalue weighted by atomic mass is 35.5. The second-order valence-electron chi connectivity index (χ2n) is 5.53. The van der Waals surface area contributed by atoms with E-state index < -0.39 is 11.8 Å². The summed E-state index contributed by atoms with van der Waals surface area (Å²) >= 11 is 17.5. The van der Waals surface area contributed by atoms with Crippen molar-refractivity contribution in [1.29, 1.82) is 0 Å². The van der Waals surface area contributed by atoms with E-state index in [1.54, 1.807) is 6.92 Å². The van der Waals surface area contributed by atoms with E-state index in [4.69, 9.17) is 44.1 Å². The van der Waals surface area contributed by atoms with Crippen molar-refractivity contribution in [1.82, 2.24) is 5.48 Å². The molecular formula is C16H9Cl3F3NO3. The predicted molar refractivity (Wildman–Crippen MR) is 90.2 cm³/mol. The molecule has 1 aliphatic rings. The molecule has 0 saturated carbocycles. The van der Waals surface area contributed by atoms with Gasteiger partial charge in [0.25, 0.3) is 0 Å². The lowest BCUT2D eigenvalue weighted by Crippen LogP contribution is -2.42. The summed E-state index contributed by atoms with van der Waals surface area (Å²) in [7, 11) is 0. The summed E-state index contributed by atoms with van der Waals surface area (Å²) in [5.41, 5.74) is -0.668. The van der Waals surface area contributed by atoms with Gasteiger partial charge in [-0.15, -0.1) is 0 Å². The Kier molecular flexibility index (Phi) is 4.77. The van der Waals surface area contributed by atoms with Gasteiger partial charge in [-0.1, -0.05) is 34.8 Å².